The van der Waals surface area contributed by atoms with Gasteiger partial charge in [-0.1, -0.05) is 17.7 Å². The summed E-state index contributed by atoms with van der Waals surface area (Å²) in [7, 11) is 0. The molecule has 0 spiro atoms. The van der Waals surface area contributed by atoms with Crippen molar-refractivity contribution in [1.29, 1.82) is 0 Å². The molecule has 0 aromatic heterocycles. The van der Waals surface area contributed by atoms with Gasteiger partial charge in [0.25, 0.3) is 0 Å². The molecule has 0 amide bonds. The van der Waals surface area contributed by atoms with E-state index in [1.165, 1.54) is 0 Å². The van der Waals surface area contributed by atoms with Crippen molar-refractivity contribution in [2.75, 3.05) is 0 Å². The van der Waals surface area contributed by atoms with Gasteiger partial charge in [-0.2, -0.15) is 0 Å². The standard InChI is InChI=1S/C13H16O3/c1-8-2-5-12(14)11(6-8)10(7-13(15)16)9-3-4-9/h2,5-6,9-10,14H,3-4,7H2,1H3,(H,15,16). The summed E-state index contributed by atoms with van der Waals surface area (Å²) in [6.45, 7) is 1.95. The van der Waals surface area contributed by atoms with Gasteiger partial charge in [0.1, 0.15) is 5.75 Å². The minimum atomic E-state index is -0.794. The molecule has 2 N–H and O–H groups in total. The minimum absolute atomic E-state index is 0.0302. The fraction of sp³-hybridized carbons (Fsp3) is 0.462. The molecule has 0 heterocycles. The van der Waals surface area contributed by atoms with Crippen molar-refractivity contribution in [1.82, 2.24) is 0 Å². The molecule has 1 aromatic rings. The van der Waals surface area contributed by atoms with E-state index in [0.717, 1.165) is 24.0 Å². The highest BCUT2D eigenvalue weighted by Crippen LogP contribution is 2.46. The van der Waals surface area contributed by atoms with Crippen LogP contribution in [0.25, 0.3) is 0 Å². The van der Waals surface area contributed by atoms with E-state index in [9.17, 15) is 9.90 Å². The fourth-order valence-electron chi connectivity index (χ4n) is 2.19. The van der Waals surface area contributed by atoms with Gasteiger partial charge < -0.3 is 10.2 Å². The summed E-state index contributed by atoms with van der Waals surface area (Å²) in [5, 5.41) is 18.7. The largest absolute Gasteiger partial charge is 0.508 e. The Balaban J connectivity index is 2.30. The minimum Gasteiger partial charge on any atom is -0.508 e. The van der Waals surface area contributed by atoms with E-state index in [0.29, 0.717) is 5.92 Å². The third-order valence-electron chi connectivity index (χ3n) is 3.17. The van der Waals surface area contributed by atoms with Crippen LogP contribution in [0.5, 0.6) is 5.75 Å². The Morgan fingerprint density at radius 2 is 2.19 bits per heavy atom. The molecule has 3 nitrogen and oxygen atoms in total. The maximum Gasteiger partial charge on any atom is 0.303 e. The molecule has 1 atom stereocenters. The third kappa shape index (κ3) is 2.35. The zero-order valence-electron chi connectivity index (χ0n) is 9.31. The van der Waals surface area contributed by atoms with E-state index >= 15 is 0 Å². The number of phenolic OH excluding ortho intramolecular Hbond substituents is 1. The lowest BCUT2D eigenvalue weighted by molar-refractivity contribution is -0.137. The van der Waals surface area contributed by atoms with Gasteiger partial charge in [0.2, 0.25) is 0 Å². The number of phenols is 1. The number of carboxylic acids is 1. The second kappa shape index (κ2) is 4.16. The molecule has 1 aliphatic carbocycles. The predicted molar refractivity (Wildman–Crippen MR) is 60.6 cm³/mol. The lowest BCUT2D eigenvalue weighted by Crippen LogP contribution is -2.08. The van der Waals surface area contributed by atoms with E-state index < -0.39 is 5.97 Å². The molecule has 0 bridgehead atoms. The monoisotopic (exact) mass is 220 g/mol. The quantitative estimate of drug-likeness (QED) is 0.820. The maximum absolute atomic E-state index is 10.8. The summed E-state index contributed by atoms with van der Waals surface area (Å²) >= 11 is 0. The van der Waals surface area contributed by atoms with Gasteiger partial charge in [-0.3, -0.25) is 4.79 Å². The van der Waals surface area contributed by atoms with E-state index in [-0.39, 0.29) is 18.1 Å². The molecule has 0 radical (unpaired) electrons. The molecule has 0 saturated heterocycles. The number of hydrogen-bond acceptors (Lipinski definition) is 2. The molecular formula is C13H16O3. The molecule has 1 fully saturated rings. The first-order chi connectivity index (χ1) is 7.58. The predicted octanol–water partition coefficient (Wildman–Crippen LogP) is 2.67. The maximum atomic E-state index is 10.8. The topological polar surface area (TPSA) is 57.5 Å². The highest BCUT2D eigenvalue weighted by atomic mass is 16.4. The van der Waals surface area contributed by atoms with Crippen LogP contribution in [0.3, 0.4) is 0 Å². The summed E-state index contributed by atoms with van der Waals surface area (Å²) in [4.78, 5) is 10.8. The lowest BCUT2D eigenvalue weighted by Gasteiger charge is -2.16. The molecule has 2 rings (SSSR count). The summed E-state index contributed by atoms with van der Waals surface area (Å²) in [6.07, 6.45) is 2.26. The number of aromatic hydroxyl groups is 1. The zero-order valence-corrected chi connectivity index (χ0v) is 9.31. The van der Waals surface area contributed by atoms with Crippen molar-refractivity contribution >= 4 is 5.97 Å². The number of aryl methyl sites for hydroxylation is 1. The summed E-state index contributed by atoms with van der Waals surface area (Å²) in [5.74, 6) is -0.164. The third-order valence-corrected chi connectivity index (χ3v) is 3.17. The fourth-order valence-corrected chi connectivity index (χ4v) is 2.19. The number of carboxylic acid groups (broad SMARTS) is 1. The van der Waals surface area contributed by atoms with E-state index in [4.69, 9.17) is 5.11 Å². The average Bonchev–Trinajstić information content (AvgIpc) is 3.02. The molecule has 1 saturated carbocycles. The van der Waals surface area contributed by atoms with E-state index in [2.05, 4.69) is 0 Å². The van der Waals surface area contributed by atoms with E-state index in [1.54, 1.807) is 6.07 Å². The van der Waals surface area contributed by atoms with Crippen LogP contribution in [0, 0.1) is 12.8 Å². The number of benzene rings is 1. The van der Waals surface area contributed by atoms with Gasteiger partial charge in [-0.05, 0) is 37.3 Å². The first-order valence-electron chi connectivity index (χ1n) is 5.59. The van der Waals surface area contributed by atoms with Gasteiger partial charge in [0.15, 0.2) is 0 Å². The van der Waals surface area contributed by atoms with Crippen molar-refractivity contribution in [2.24, 2.45) is 5.92 Å². The number of hydrogen-bond donors (Lipinski definition) is 2. The Hall–Kier alpha value is -1.51. The summed E-state index contributed by atoms with van der Waals surface area (Å²) in [5.41, 5.74) is 1.86. The van der Waals surface area contributed by atoms with Crippen LogP contribution in [0.2, 0.25) is 0 Å². The van der Waals surface area contributed by atoms with Crippen LogP contribution in [0.1, 0.15) is 36.3 Å². The number of aliphatic carboxylic acids is 1. The van der Waals surface area contributed by atoms with Crippen LogP contribution < -0.4 is 0 Å². The van der Waals surface area contributed by atoms with Crippen molar-refractivity contribution < 1.29 is 15.0 Å². The Labute approximate surface area is 94.7 Å². The molecule has 0 aliphatic heterocycles. The Kier molecular flexibility index (Phi) is 2.86. The highest BCUT2D eigenvalue weighted by molar-refractivity contribution is 5.68. The number of rotatable bonds is 4. The van der Waals surface area contributed by atoms with Crippen LogP contribution >= 0.6 is 0 Å². The summed E-state index contributed by atoms with van der Waals surface area (Å²) < 4.78 is 0. The van der Waals surface area contributed by atoms with Crippen molar-refractivity contribution in [3.8, 4) is 5.75 Å². The number of carbonyl (C=O) groups is 1. The van der Waals surface area contributed by atoms with Crippen LogP contribution in [-0.2, 0) is 4.79 Å². The molecule has 16 heavy (non-hydrogen) atoms. The Morgan fingerprint density at radius 3 is 2.75 bits per heavy atom. The van der Waals surface area contributed by atoms with Crippen molar-refractivity contribution in [3.63, 3.8) is 0 Å². The van der Waals surface area contributed by atoms with Gasteiger partial charge in [-0.25, -0.2) is 0 Å². The van der Waals surface area contributed by atoms with Gasteiger partial charge in [-0.15, -0.1) is 0 Å². The molecule has 86 valence electrons. The zero-order chi connectivity index (χ0) is 11.7. The van der Waals surface area contributed by atoms with Gasteiger partial charge >= 0.3 is 5.97 Å². The van der Waals surface area contributed by atoms with E-state index in [1.807, 2.05) is 19.1 Å². The van der Waals surface area contributed by atoms with Crippen LogP contribution in [-0.4, -0.2) is 16.2 Å². The first-order valence-corrected chi connectivity index (χ1v) is 5.59. The SMILES string of the molecule is Cc1ccc(O)c(C(CC(=O)O)C2CC2)c1. The highest BCUT2D eigenvalue weighted by Gasteiger charge is 2.35. The molecule has 1 aromatic carbocycles. The van der Waals surface area contributed by atoms with Gasteiger partial charge in [0.05, 0.1) is 6.42 Å². The Bertz CT molecular complexity index is 408. The molecule has 1 aliphatic rings. The van der Waals surface area contributed by atoms with Crippen LogP contribution in [0.15, 0.2) is 18.2 Å². The first kappa shape index (κ1) is 11.0. The van der Waals surface area contributed by atoms with Crippen molar-refractivity contribution in [3.05, 3.63) is 29.3 Å². The normalized spacial score (nSPS) is 17.1. The van der Waals surface area contributed by atoms with Gasteiger partial charge in [0, 0.05) is 5.92 Å². The van der Waals surface area contributed by atoms with Crippen molar-refractivity contribution in [2.45, 2.75) is 32.1 Å². The van der Waals surface area contributed by atoms with Crippen LogP contribution in [0.4, 0.5) is 0 Å². The Morgan fingerprint density at radius 1 is 1.50 bits per heavy atom. The average molecular weight is 220 g/mol. The lowest BCUT2D eigenvalue weighted by atomic mass is 9.89. The smallest absolute Gasteiger partial charge is 0.303 e. The molecular weight excluding hydrogens is 204 g/mol. The molecule has 1 unspecified atom stereocenters. The second-order valence-corrected chi connectivity index (χ2v) is 4.60. The second-order valence-electron chi connectivity index (χ2n) is 4.60. The summed E-state index contributed by atoms with van der Waals surface area (Å²) in [6, 6.07) is 5.40. The molecule has 3 heteroatoms.